The Morgan fingerprint density at radius 1 is 0.947 bits per heavy atom. The maximum absolute atomic E-state index is 15.0. The molecule has 38 heavy (non-hydrogen) atoms. The van der Waals surface area contributed by atoms with Crippen molar-refractivity contribution in [3.63, 3.8) is 0 Å². The highest BCUT2D eigenvalue weighted by atomic mass is 19.1. The van der Waals surface area contributed by atoms with Crippen molar-refractivity contribution in [1.29, 1.82) is 0 Å². The molecule has 0 aliphatic carbocycles. The first-order chi connectivity index (χ1) is 18.3. The summed E-state index contributed by atoms with van der Waals surface area (Å²) in [6.07, 6.45) is 3.03. The number of amides is 1. The van der Waals surface area contributed by atoms with Gasteiger partial charge in [-0.1, -0.05) is 0 Å². The molecule has 10 heteroatoms. The van der Waals surface area contributed by atoms with E-state index in [0.717, 1.165) is 6.07 Å². The lowest BCUT2D eigenvalue weighted by molar-refractivity contribution is 0.102. The van der Waals surface area contributed by atoms with Gasteiger partial charge in [-0.2, -0.15) is 0 Å². The van der Waals surface area contributed by atoms with Crippen molar-refractivity contribution >= 4 is 22.5 Å². The number of ether oxygens (including phenoxy) is 2. The van der Waals surface area contributed by atoms with Crippen LogP contribution in [0.15, 0.2) is 83.9 Å². The summed E-state index contributed by atoms with van der Waals surface area (Å²) in [5, 5.41) is 3.12. The zero-order valence-corrected chi connectivity index (χ0v) is 20.2. The van der Waals surface area contributed by atoms with E-state index in [0.29, 0.717) is 33.9 Å². The molecule has 0 saturated carbocycles. The van der Waals surface area contributed by atoms with Gasteiger partial charge < -0.3 is 14.8 Å². The molecule has 0 saturated heterocycles. The van der Waals surface area contributed by atoms with E-state index in [1.807, 2.05) is 0 Å². The second-order valence-electron chi connectivity index (χ2n) is 8.26. The molecule has 2 aromatic carbocycles. The first-order valence-electron chi connectivity index (χ1n) is 11.4. The smallest absolute Gasteiger partial charge is 0.268 e. The topological polar surface area (TPSA) is 95.3 Å². The molecule has 3 heterocycles. The van der Waals surface area contributed by atoms with Crippen molar-refractivity contribution in [1.82, 2.24) is 14.5 Å². The number of methoxy groups -OCH3 is 1. The molecule has 190 valence electrons. The fraction of sp³-hybridized carbons (Fsp3) is 0.0714. The number of hydrogen-bond donors (Lipinski definition) is 1. The Bertz CT molecular complexity index is 1740. The predicted octanol–water partition coefficient (Wildman–Crippen LogP) is 5.42. The summed E-state index contributed by atoms with van der Waals surface area (Å²) >= 11 is 0. The predicted molar refractivity (Wildman–Crippen MR) is 137 cm³/mol. The highest BCUT2D eigenvalue weighted by Crippen LogP contribution is 2.32. The van der Waals surface area contributed by atoms with Crippen LogP contribution in [-0.4, -0.2) is 27.6 Å². The molecule has 5 aromatic rings. The Hall–Kier alpha value is -5.12. The third-order valence-corrected chi connectivity index (χ3v) is 5.79. The van der Waals surface area contributed by atoms with Gasteiger partial charge in [0.25, 0.3) is 11.5 Å². The number of rotatable bonds is 6. The number of aromatic nitrogens is 3. The Labute approximate surface area is 215 Å². The van der Waals surface area contributed by atoms with E-state index in [2.05, 4.69) is 15.3 Å². The minimum Gasteiger partial charge on any atom is -0.481 e. The standard InChI is InChI=1S/C28H20F2N4O4/c1-16-3-9-20(28(36)34(16)19-7-4-17(29)5-8-19)27(35)33-18-6-10-25(22(30)13-18)38-24-11-12-31-23-15-32-26(37-2)14-21(23)24/h3-15H,1-2H3,(H,33,35). The normalized spacial score (nSPS) is 10.8. The van der Waals surface area contributed by atoms with Crippen molar-refractivity contribution in [2.24, 2.45) is 0 Å². The first-order valence-corrected chi connectivity index (χ1v) is 11.4. The molecular weight excluding hydrogens is 494 g/mol. The van der Waals surface area contributed by atoms with Crippen LogP contribution in [0.25, 0.3) is 16.6 Å². The van der Waals surface area contributed by atoms with Gasteiger partial charge in [0, 0.05) is 40.8 Å². The monoisotopic (exact) mass is 514 g/mol. The SMILES string of the molecule is COc1cc2c(Oc3ccc(NC(=O)c4ccc(C)n(-c5ccc(F)cc5)c4=O)cc3F)ccnc2cn1. The second-order valence-corrected chi connectivity index (χ2v) is 8.26. The Kier molecular flexibility index (Phi) is 6.53. The molecule has 0 radical (unpaired) electrons. The van der Waals surface area contributed by atoms with Crippen molar-refractivity contribution in [2.45, 2.75) is 6.92 Å². The summed E-state index contributed by atoms with van der Waals surface area (Å²) in [5.41, 5.74) is 0.877. The summed E-state index contributed by atoms with van der Waals surface area (Å²) in [5.74, 6) is -1.30. The number of nitrogens with one attached hydrogen (secondary N) is 1. The number of hydrogen-bond acceptors (Lipinski definition) is 6. The van der Waals surface area contributed by atoms with Crippen molar-refractivity contribution in [2.75, 3.05) is 12.4 Å². The van der Waals surface area contributed by atoms with E-state index in [-0.39, 0.29) is 17.0 Å². The molecule has 0 aliphatic rings. The molecule has 8 nitrogen and oxygen atoms in total. The lowest BCUT2D eigenvalue weighted by Crippen LogP contribution is -2.29. The van der Waals surface area contributed by atoms with Gasteiger partial charge in [0.15, 0.2) is 11.6 Å². The van der Waals surface area contributed by atoms with Crippen LogP contribution in [0, 0.1) is 18.6 Å². The van der Waals surface area contributed by atoms with Gasteiger partial charge in [-0.3, -0.25) is 19.1 Å². The van der Waals surface area contributed by atoms with Crippen LogP contribution >= 0.6 is 0 Å². The molecule has 0 aliphatic heterocycles. The van der Waals surface area contributed by atoms with E-state index in [1.54, 1.807) is 25.1 Å². The number of halogens is 2. The number of carbonyl (C=O) groups is 1. The number of carbonyl (C=O) groups excluding carboxylic acids is 1. The van der Waals surface area contributed by atoms with Gasteiger partial charge in [-0.15, -0.1) is 0 Å². The summed E-state index contributed by atoms with van der Waals surface area (Å²) in [7, 11) is 1.48. The average Bonchev–Trinajstić information content (AvgIpc) is 2.91. The molecular formula is C28H20F2N4O4. The fourth-order valence-corrected chi connectivity index (χ4v) is 3.90. The molecule has 0 spiro atoms. The van der Waals surface area contributed by atoms with E-state index in [1.165, 1.54) is 66.5 Å². The van der Waals surface area contributed by atoms with Gasteiger partial charge in [0.1, 0.15) is 17.1 Å². The summed E-state index contributed by atoms with van der Waals surface area (Å²) in [6, 6.07) is 15.4. The minimum absolute atomic E-state index is 0.0831. The van der Waals surface area contributed by atoms with E-state index < -0.39 is 23.1 Å². The quantitative estimate of drug-likeness (QED) is 0.325. The summed E-state index contributed by atoms with van der Waals surface area (Å²) in [4.78, 5) is 34.3. The highest BCUT2D eigenvalue weighted by Gasteiger charge is 2.17. The number of benzene rings is 2. The molecule has 0 unspecified atom stereocenters. The van der Waals surface area contributed by atoms with Crippen LogP contribution in [0.5, 0.6) is 17.4 Å². The van der Waals surface area contributed by atoms with E-state index in [4.69, 9.17) is 9.47 Å². The fourth-order valence-electron chi connectivity index (χ4n) is 3.90. The number of aryl methyl sites for hydroxylation is 1. The maximum Gasteiger partial charge on any atom is 0.268 e. The van der Waals surface area contributed by atoms with Gasteiger partial charge >= 0.3 is 0 Å². The van der Waals surface area contributed by atoms with Crippen molar-refractivity contribution < 1.29 is 23.0 Å². The molecule has 1 amide bonds. The molecule has 0 atom stereocenters. The molecule has 0 fully saturated rings. The van der Waals surface area contributed by atoms with Crippen LogP contribution in [-0.2, 0) is 0 Å². The van der Waals surface area contributed by atoms with Gasteiger partial charge in [-0.25, -0.2) is 13.8 Å². The second kappa shape index (κ2) is 10.1. The molecule has 1 N–H and O–H groups in total. The van der Waals surface area contributed by atoms with Crippen molar-refractivity contribution in [3.8, 4) is 23.1 Å². The van der Waals surface area contributed by atoms with Gasteiger partial charge in [0.05, 0.1) is 18.8 Å². The largest absolute Gasteiger partial charge is 0.481 e. The van der Waals surface area contributed by atoms with Crippen LogP contribution < -0.4 is 20.3 Å². The van der Waals surface area contributed by atoms with Gasteiger partial charge in [0.2, 0.25) is 5.88 Å². The Balaban J connectivity index is 1.39. The van der Waals surface area contributed by atoms with E-state index in [9.17, 15) is 18.4 Å². The molecule has 3 aromatic heterocycles. The zero-order chi connectivity index (χ0) is 26.8. The maximum atomic E-state index is 15.0. The Morgan fingerprint density at radius 3 is 2.47 bits per heavy atom. The van der Waals surface area contributed by atoms with E-state index >= 15 is 0 Å². The lowest BCUT2D eigenvalue weighted by atomic mass is 10.2. The van der Waals surface area contributed by atoms with Crippen LogP contribution in [0.4, 0.5) is 14.5 Å². The summed E-state index contributed by atoms with van der Waals surface area (Å²) in [6.45, 7) is 1.69. The van der Waals surface area contributed by atoms with Crippen LogP contribution in [0.3, 0.4) is 0 Å². The zero-order valence-electron chi connectivity index (χ0n) is 20.2. The number of fused-ring (bicyclic) bond motifs is 1. The third kappa shape index (κ3) is 4.79. The number of nitrogens with zero attached hydrogens (tertiary/aromatic N) is 3. The van der Waals surface area contributed by atoms with Crippen LogP contribution in [0.2, 0.25) is 0 Å². The summed E-state index contributed by atoms with van der Waals surface area (Å²) < 4.78 is 40.5. The van der Waals surface area contributed by atoms with Crippen molar-refractivity contribution in [3.05, 3.63) is 112 Å². The number of pyridine rings is 3. The first kappa shape index (κ1) is 24.6. The molecule has 5 rings (SSSR count). The number of anilines is 1. The minimum atomic E-state index is -0.735. The molecule has 0 bridgehead atoms. The lowest BCUT2D eigenvalue weighted by Gasteiger charge is -2.13. The Morgan fingerprint density at radius 2 is 1.74 bits per heavy atom. The van der Waals surface area contributed by atoms with Gasteiger partial charge in [-0.05, 0) is 61.5 Å². The highest BCUT2D eigenvalue weighted by molar-refractivity contribution is 6.04. The third-order valence-electron chi connectivity index (χ3n) is 5.79. The average molecular weight is 514 g/mol. The van der Waals surface area contributed by atoms with Crippen LogP contribution in [0.1, 0.15) is 16.1 Å².